The van der Waals surface area contributed by atoms with Crippen LogP contribution >= 0.6 is 0 Å². The summed E-state index contributed by atoms with van der Waals surface area (Å²) in [4.78, 5) is 13.0. The van der Waals surface area contributed by atoms with Crippen LogP contribution in [0.1, 0.15) is 78.7 Å². The molecule has 4 N–H and O–H groups in total. The number of hydrogen-bond donors (Lipinski definition) is 3. The molecule has 0 saturated carbocycles. The molecule has 0 bridgehead atoms. The van der Waals surface area contributed by atoms with Crippen LogP contribution in [0.3, 0.4) is 0 Å². The molecule has 0 saturated heterocycles. The molecule has 31 heavy (non-hydrogen) atoms. The normalized spacial score (nSPS) is 19.6. The summed E-state index contributed by atoms with van der Waals surface area (Å²) in [6.07, 6.45) is 4.57. The number of aliphatic hydroxyl groups is 1. The van der Waals surface area contributed by atoms with Gasteiger partial charge in [0.05, 0.1) is 5.60 Å². The molecule has 0 radical (unpaired) electrons. The third kappa shape index (κ3) is 3.77. The predicted octanol–water partition coefficient (Wildman–Crippen LogP) is 3.65. The number of carbonyl (C=O) groups excluding carboxylic acids is 1. The average molecular weight is 444 g/mol. The Labute approximate surface area is 182 Å². The van der Waals surface area contributed by atoms with Gasteiger partial charge < -0.3 is 9.52 Å². The number of benzene rings is 1. The van der Waals surface area contributed by atoms with E-state index in [4.69, 9.17) is 15.0 Å². The molecule has 166 valence electrons. The monoisotopic (exact) mass is 443 g/mol. The van der Waals surface area contributed by atoms with E-state index in [-0.39, 0.29) is 10.8 Å². The van der Waals surface area contributed by atoms with Gasteiger partial charge in [-0.15, -0.1) is 4.36 Å². The van der Waals surface area contributed by atoms with Crippen molar-refractivity contribution in [3.8, 4) is 0 Å². The van der Waals surface area contributed by atoms with E-state index < -0.39 is 21.4 Å². The maximum Gasteiger partial charge on any atom is 0.304 e. The Hall–Kier alpha value is -2.29. The highest BCUT2D eigenvalue weighted by Crippen LogP contribution is 2.40. The summed E-state index contributed by atoms with van der Waals surface area (Å²) in [6, 6.07) is 3.61. The first-order valence-corrected chi connectivity index (χ1v) is 12.2. The van der Waals surface area contributed by atoms with Crippen LogP contribution in [-0.2, 0) is 39.6 Å². The number of furan rings is 1. The van der Waals surface area contributed by atoms with E-state index in [1.54, 1.807) is 20.8 Å². The van der Waals surface area contributed by atoms with Gasteiger partial charge in [0.25, 0.3) is 0 Å². The third-order valence-corrected chi connectivity index (χ3v) is 7.64. The average Bonchev–Trinajstić information content (AvgIpc) is 3.37. The quantitative estimate of drug-likeness (QED) is 0.623. The number of carbonyl (C=O) groups is 1. The number of amides is 1. The van der Waals surface area contributed by atoms with Gasteiger partial charge in [-0.25, -0.2) is 9.35 Å². The smallest absolute Gasteiger partial charge is 0.304 e. The lowest BCUT2D eigenvalue weighted by Crippen LogP contribution is -2.21. The van der Waals surface area contributed by atoms with Crippen LogP contribution in [0.15, 0.2) is 26.0 Å². The summed E-state index contributed by atoms with van der Waals surface area (Å²) < 4.78 is 22.3. The van der Waals surface area contributed by atoms with Crippen molar-refractivity contribution < 1.29 is 18.5 Å². The lowest BCUT2D eigenvalue weighted by Gasteiger charge is -2.15. The number of nitrogens with one attached hydrogen (secondary N) is 1. The molecule has 2 aliphatic carbocycles. The van der Waals surface area contributed by atoms with Crippen molar-refractivity contribution >= 4 is 21.5 Å². The molecule has 1 heterocycles. The fourth-order valence-corrected chi connectivity index (χ4v) is 5.83. The third-order valence-electron chi connectivity index (χ3n) is 6.43. The summed E-state index contributed by atoms with van der Waals surface area (Å²) in [6.45, 7) is 6.93. The highest BCUT2D eigenvalue weighted by molar-refractivity contribution is 7.91. The highest BCUT2D eigenvalue weighted by Gasteiger charge is 2.32. The minimum absolute atomic E-state index is 0.180. The van der Waals surface area contributed by atoms with Gasteiger partial charge in [-0.05, 0) is 81.0 Å². The van der Waals surface area contributed by atoms with Crippen LogP contribution in [-0.4, -0.2) is 20.9 Å². The van der Waals surface area contributed by atoms with Crippen molar-refractivity contribution in [3.05, 3.63) is 51.3 Å². The Morgan fingerprint density at radius 2 is 2.00 bits per heavy atom. The molecule has 0 spiro atoms. The second-order valence-corrected chi connectivity index (χ2v) is 10.9. The van der Waals surface area contributed by atoms with E-state index in [9.17, 15) is 14.1 Å². The largest absolute Gasteiger partial charge is 0.450 e. The van der Waals surface area contributed by atoms with Gasteiger partial charge in [-0.3, -0.25) is 10.2 Å². The van der Waals surface area contributed by atoms with Gasteiger partial charge in [0.1, 0.15) is 11.5 Å². The summed E-state index contributed by atoms with van der Waals surface area (Å²) in [5.74, 6) is -0.163. The van der Waals surface area contributed by atoms with Gasteiger partial charge in [0.2, 0.25) is 5.09 Å². The highest BCUT2D eigenvalue weighted by atomic mass is 32.2. The minimum atomic E-state index is -3.71. The lowest BCUT2D eigenvalue weighted by atomic mass is 9.89. The number of hydrogen-bond acceptors (Lipinski definition) is 5. The van der Waals surface area contributed by atoms with E-state index in [0.29, 0.717) is 22.8 Å². The fourth-order valence-electron chi connectivity index (χ4n) is 4.87. The van der Waals surface area contributed by atoms with Crippen molar-refractivity contribution in [3.63, 3.8) is 0 Å². The van der Waals surface area contributed by atoms with Gasteiger partial charge in [-0.1, -0.05) is 13.0 Å². The second kappa shape index (κ2) is 7.39. The maximum absolute atomic E-state index is 13.1. The standard InChI is InChI=1S/C23H29N3O4S/c1-12-8-9-16-17(12)10-14-6-5-7-15(14)20(16)21(24)22(27)26-31(25,29)19-11-18(13(2)30-19)23(3,4)28/h10-12,24,28H,5-9H2,1-4H3,(H2,25,26,27,29). The minimum Gasteiger partial charge on any atom is -0.450 e. The molecule has 8 heteroatoms. The van der Waals surface area contributed by atoms with E-state index in [0.717, 1.165) is 43.2 Å². The molecule has 4 rings (SSSR count). The lowest BCUT2D eigenvalue weighted by molar-refractivity contribution is -0.111. The molecule has 0 fully saturated rings. The fraction of sp³-hybridized carbons (Fsp3) is 0.478. The first kappa shape index (κ1) is 21.9. The van der Waals surface area contributed by atoms with E-state index in [2.05, 4.69) is 17.4 Å². The van der Waals surface area contributed by atoms with Crippen LogP contribution < -0.4 is 5.14 Å². The molecule has 1 amide bonds. The molecule has 2 unspecified atom stereocenters. The summed E-state index contributed by atoms with van der Waals surface area (Å²) in [5.41, 5.74) is 4.10. The summed E-state index contributed by atoms with van der Waals surface area (Å²) in [7, 11) is -3.71. The number of fused-ring (bicyclic) bond motifs is 2. The van der Waals surface area contributed by atoms with Crippen molar-refractivity contribution in [1.82, 2.24) is 0 Å². The van der Waals surface area contributed by atoms with E-state index >= 15 is 0 Å². The molecule has 1 aromatic carbocycles. The number of nitrogens with two attached hydrogens (primary N) is 1. The zero-order valence-electron chi connectivity index (χ0n) is 18.4. The molecule has 0 aliphatic heterocycles. The molecular formula is C23H29N3O4S. The van der Waals surface area contributed by atoms with Crippen LogP contribution in [0.4, 0.5) is 0 Å². The van der Waals surface area contributed by atoms with Crippen molar-refractivity contribution in [2.75, 3.05) is 0 Å². The first-order valence-electron chi connectivity index (χ1n) is 10.6. The van der Waals surface area contributed by atoms with Gasteiger partial charge >= 0.3 is 5.91 Å². The molecule has 2 atom stereocenters. The van der Waals surface area contributed by atoms with E-state index in [1.807, 2.05) is 0 Å². The molecule has 1 aromatic heterocycles. The SMILES string of the molecule is Cc1oc(S(N)(=O)=NC(=O)C(=N)c2c3c(cc4c2CCC4C)CCC3)cc1C(C)(C)O. The number of nitrogens with zero attached hydrogens (tertiary/aromatic N) is 1. The Bertz CT molecular complexity index is 1230. The molecule has 7 nitrogen and oxygen atoms in total. The number of rotatable bonds is 4. The topological polar surface area (TPSA) is 130 Å². The Morgan fingerprint density at radius 1 is 1.29 bits per heavy atom. The molecule has 2 aromatic rings. The van der Waals surface area contributed by atoms with Gasteiger partial charge in [-0.2, -0.15) is 0 Å². The zero-order chi connectivity index (χ0) is 22.7. The van der Waals surface area contributed by atoms with E-state index in [1.165, 1.54) is 17.2 Å². The summed E-state index contributed by atoms with van der Waals surface area (Å²) in [5, 5.41) is 24.6. The van der Waals surface area contributed by atoms with Crippen molar-refractivity contribution in [1.29, 1.82) is 5.41 Å². The van der Waals surface area contributed by atoms with Crippen LogP contribution in [0.5, 0.6) is 0 Å². The number of aryl methyl sites for hydroxylation is 2. The van der Waals surface area contributed by atoms with Crippen LogP contribution in [0.25, 0.3) is 0 Å². The van der Waals surface area contributed by atoms with Gasteiger partial charge in [0, 0.05) is 17.2 Å². The molecule has 2 aliphatic rings. The van der Waals surface area contributed by atoms with Crippen molar-refractivity contribution in [2.24, 2.45) is 9.50 Å². The zero-order valence-corrected chi connectivity index (χ0v) is 19.2. The predicted molar refractivity (Wildman–Crippen MR) is 119 cm³/mol. The summed E-state index contributed by atoms with van der Waals surface area (Å²) >= 11 is 0. The second-order valence-electron chi connectivity index (χ2n) is 9.18. The Morgan fingerprint density at radius 3 is 2.65 bits per heavy atom. The Balaban J connectivity index is 1.75. The van der Waals surface area contributed by atoms with Crippen LogP contribution in [0.2, 0.25) is 0 Å². The van der Waals surface area contributed by atoms with Gasteiger partial charge in [0.15, 0.2) is 9.92 Å². The first-order chi connectivity index (χ1) is 14.4. The van der Waals surface area contributed by atoms with Crippen molar-refractivity contribution in [2.45, 2.75) is 76.4 Å². The van der Waals surface area contributed by atoms with Crippen LogP contribution in [0, 0.1) is 12.3 Å². The Kier molecular flexibility index (Phi) is 5.23. The maximum atomic E-state index is 13.1. The molecular weight excluding hydrogens is 414 g/mol.